The van der Waals surface area contributed by atoms with E-state index in [0.29, 0.717) is 16.7 Å². The maximum Gasteiger partial charge on any atom is 0.339 e. The highest BCUT2D eigenvalue weighted by atomic mass is 16.4. The quantitative estimate of drug-likeness (QED) is 0.396. The van der Waals surface area contributed by atoms with Gasteiger partial charge in [-0.1, -0.05) is 30.3 Å². The molecule has 2 aromatic carbocycles. The molecule has 0 spiro atoms. The molecule has 3 N–H and O–H groups in total. The maximum atomic E-state index is 12.5. The summed E-state index contributed by atoms with van der Waals surface area (Å²) in [5.41, 5.74) is 3.75. The molecule has 0 aliphatic carbocycles. The van der Waals surface area contributed by atoms with E-state index < -0.39 is 18.3 Å². The van der Waals surface area contributed by atoms with Gasteiger partial charge in [-0.25, -0.2) is 4.79 Å². The molecule has 0 saturated carbocycles. The van der Waals surface area contributed by atoms with Gasteiger partial charge in [0.25, 0.3) is 0 Å². The highest BCUT2D eigenvalue weighted by molar-refractivity contribution is 6.02. The number of aryl methyl sites for hydroxylation is 1. The Bertz CT molecular complexity index is 1290. The summed E-state index contributed by atoms with van der Waals surface area (Å²) in [7, 11) is 0. The lowest BCUT2D eigenvalue weighted by Crippen LogP contribution is -2.34. The van der Waals surface area contributed by atoms with Crippen molar-refractivity contribution >= 4 is 27.8 Å². The molecule has 31 heavy (non-hydrogen) atoms. The number of benzene rings is 2. The molecular weight excluding hydrogens is 398 g/mol. The van der Waals surface area contributed by atoms with Crippen molar-refractivity contribution in [1.82, 2.24) is 5.32 Å². The maximum absolute atomic E-state index is 12.5. The topological polar surface area (TPSA) is 113 Å². The zero-order chi connectivity index (χ0) is 22.0. The number of hydrogen-bond acceptors (Lipinski definition) is 6. The molecule has 7 heteroatoms. The first kappa shape index (κ1) is 20.8. The van der Waals surface area contributed by atoms with Crippen LogP contribution in [0.15, 0.2) is 62.4 Å². The summed E-state index contributed by atoms with van der Waals surface area (Å²) in [4.78, 5) is 24.6. The van der Waals surface area contributed by atoms with Crippen LogP contribution in [0.1, 0.15) is 17.5 Å². The van der Waals surface area contributed by atoms with Crippen LogP contribution in [-0.4, -0.2) is 35.4 Å². The number of aliphatic hydroxyl groups is 2. The van der Waals surface area contributed by atoms with Crippen molar-refractivity contribution in [2.45, 2.75) is 25.9 Å². The number of fused-ring (bicyclic) bond motifs is 2. The van der Waals surface area contributed by atoms with E-state index in [1.807, 2.05) is 43.3 Å². The minimum absolute atomic E-state index is 0.0403. The van der Waals surface area contributed by atoms with E-state index in [1.54, 1.807) is 12.3 Å². The number of furan rings is 1. The molecule has 2 heterocycles. The first-order valence-electron chi connectivity index (χ1n) is 10.1. The van der Waals surface area contributed by atoms with Gasteiger partial charge in [0.15, 0.2) is 0 Å². The Labute approximate surface area is 177 Å². The molecule has 7 nitrogen and oxygen atoms in total. The Hall–Kier alpha value is -3.42. The van der Waals surface area contributed by atoms with Gasteiger partial charge in [0.2, 0.25) is 5.91 Å². The van der Waals surface area contributed by atoms with Crippen LogP contribution in [-0.2, 0) is 11.2 Å². The van der Waals surface area contributed by atoms with Crippen molar-refractivity contribution in [2.75, 3.05) is 13.2 Å². The number of aliphatic hydroxyl groups excluding tert-OH is 2. The first-order chi connectivity index (χ1) is 15.0. The molecule has 0 unspecified atom stereocenters. The molecule has 160 valence electrons. The van der Waals surface area contributed by atoms with Gasteiger partial charge >= 0.3 is 5.63 Å². The lowest BCUT2D eigenvalue weighted by atomic mass is 9.99. The van der Waals surface area contributed by atoms with E-state index in [4.69, 9.17) is 13.9 Å². The SMILES string of the molecule is Cc1c(CCC(=O)NC[C@H](O)CO)c(=O)oc2cc3occ(-c4ccccc4)c3cc12. The van der Waals surface area contributed by atoms with Gasteiger partial charge in [0.05, 0.1) is 19.0 Å². The summed E-state index contributed by atoms with van der Waals surface area (Å²) in [5, 5.41) is 22.4. The van der Waals surface area contributed by atoms with Crippen molar-refractivity contribution in [3.8, 4) is 11.1 Å². The molecule has 1 amide bonds. The number of hydrogen-bond donors (Lipinski definition) is 3. The van der Waals surface area contributed by atoms with Gasteiger partial charge in [0.1, 0.15) is 11.2 Å². The first-order valence-corrected chi connectivity index (χ1v) is 10.1. The number of carbonyl (C=O) groups excluding carboxylic acids is 1. The number of rotatable bonds is 7. The largest absolute Gasteiger partial charge is 0.464 e. The van der Waals surface area contributed by atoms with Crippen LogP contribution in [0, 0.1) is 6.92 Å². The predicted octanol–water partition coefficient (Wildman–Crippen LogP) is 2.92. The average molecular weight is 421 g/mol. The average Bonchev–Trinajstić information content (AvgIpc) is 3.19. The molecule has 0 bridgehead atoms. The molecule has 0 aliphatic heterocycles. The minimum atomic E-state index is -1.01. The minimum Gasteiger partial charge on any atom is -0.464 e. The summed E-state index contributed by atoms with van der Waals surface area (Å²) in [5.74, 6) is -0.317. The van der Waals surface area contributed by atoms with E-state index in [0.717, 1.165) is 27.5 Å². The van der Waals surface area contributed by atoms with Crippen LogP contribution in [0.3, 0.4) is 0 Å². The second-order valence-electron chi connectivity index (χ2n) is 7.49. The molecule has 0 saturated heterocycles. The number of nitrogens with one attached hydrogen (secondary N) is 1. The van der Waals surface area contributed by atoms with E-state index in [-0.39, 0.29) is 25.3 Å². The summed E-state index contributed by atoms with van der Waals surface area (Å²) in [6, 6.07) is 13.6. The fourth-order valence-corrected chi connectivity index (χ4v) is 3.66. The molecule has 0 radical (unpaired) electrons. The number of carbonyl (C=O) groups is 1. The Morgan fingerprint density at radius 1 is 1.13 bits per heavy atom. The van der Waals surface area contributed by atoms with Crippen LogP contribution >= 0.6 is 0 Å². The predicted molar refractivity (Wildman–Crippen MR) is 117 cm³/mol. The van der Waals surface area contributed by atoms with Gasteiger partial charge in [-0.3, -0.25) is 4.79 Å². The number of amides is 1. The van der Waals surface area contributed by atoms with Crippen molar-refractivity contribution in [3.05, 3.63) is 70.3 Å². The van der Waals surface area contributed by atoms with Crippen LogP contribution in [0.2, 0.25) is 0 Å². The third-order valence-electron chi connectivity index (χ3n) is 5.41. The van der Waals surface area contributed by atoms with Crippen LogP contribution in [0.25, 0.3) is 33.1 Å². The van der Waals surface area contributed by atoms with Gasteiger partial charge in [-0.2, -0.15) is 0 Å². The molecular formula is C24H23NO6. The lowest BCUT2D eigenvalue weighted by molar-refractivity contribution is -0.121. The van der Waals surface area contributed by atoms with Gasteiger partial charge in [-0.15, -0.1) is 0 Å². The third kappa shape index (κ3) is 4.23. The third-order valence-corrected chi connectivity index (χ3v) is 5.41. The van der Waals surface area contributed by atoms with E-state index in [9.17, 15) is 14.7 Å². The lowest BCUT2D eigenvalue weighted by Gasteiger charge is -2.10. The fraction of sp³-hybridized carbons (Fsp3) is 0.250. The Morgan fingerprint density at radius 3 is 2.65 bits per heavy atom. The van der Waals surface area contributed by atoms with Gasteiger partial charge in [-0.05, 0) is 30.5 Å². The summed E-state index contributed by atoms with van der Waals surface area (Å²) in [6.07, 6.45) is 0.962. The molecule has 2 aromatic heterocycles. The smallest absolute Gasteiger partial charge is 0.339 e. The highest BCUT2D eigenvalue weighted by Crippen LogP contribution is 2.34. The fourth-order valence-electron chi connectivity index (χ4n) is 3.66. The normalized spacial score (nSPS) is 12.4. The zero-order valence-electron chi connectivity index (χ0n) is 17.1. The van der Waals surface area contributed by atoms with Crippen molar-refractivity contribution in [2.24, 2.45) is 0 Å². The summed E-state index contributed by atoms with van der Waals surface area (Å²) < 4.78 is 11.2. The molecule has 0 aliphatic rings. The molecule has 1 atom stereocenters. The molecule has 4 rings (SSSR count). The van der Waals surface area contributed by atoms with Gasteiger partial charge < -0.3 is 24.4 Å². The van der Waals surface area contributed by atoms with E-state index in [1.165, 1.54) is 0 Å². The summed E-state index contributed by atoms with van der Waals surface area (Å²) in [6.45, 7) is 1.37. The summed E-state index contributed by atoms with van der Waals surface area (Å²) >= 11 is 0. The Kier molecular flexibility index (Phi) is 5.88. The monoisotopic (exact) mass is 421 g/mol. The second-order valence-corrected chi connectivity index (χ2v) is 7.49. The van der Waals surface area contributed by atoms with Crippen molar-refractivity contribution in [1.29, 1.82) is 0 Å². The second kappa shape index (κ2) is 8.75. The van der Waals surface area contributed by atoms with Gasteiger partial charge in [0, 0.05) is 40.9 Å². The van der Waals surface area contributed by atoms with Crippen molar-refractivity contribution in [3.63, 3.8) is 0 Å². The Morgan fingerprint density at radius 2 is 1.90 bits per heavy atom. The van der Waals surface area contributed by atoms with Crippen LogP contribution < -0.4 is 10.9 Å². The van der Waals surface area contributed by atoms with Crippen molar-refractivity contribution < 1.29 is 23.8 Å². The van der Waals surface area contributed by atoms with E-state index in [2.05, 4.69) is 5.32 Å². The van der Waals surface area contributed by atoms with Crippen LogP contribution in [0.5, 0.6) is 0 Å². The molecule has 4 aromatic rings. The van der Waals surface area contributed by atoms with E-state index >= 15 is 0 Å². The highest BCUT2D eigenvalue weighted by Gasteiger charge is 2.17. The standard InChI is InChI=1S/C24H23NO6/c1-14-17(7-8-23(28)25-11-16(27)12-26)24(29)31-22-10-21-19(9-18(14)22)20(13-30-21)15-5-3-2-4-6-15/h2-6,9-10,13,16,26-27H,7-8,11-12H2,1H3,(H,25,28)/t16-/m0/s1. The Balaban J connectivity index is 1.67. The zero-order valence-corrected chi connectivity index (χ0v) is 17.1. The molecule has 0 fully saturated rings. The van der Waals surface area contributed by atoms with Crippen LogP contribution in [0.4, 0.5) is 0 Å².